The van der Waals surface area contributed by atoms with Gasteiger partial charge in [-0.2, -0.15) is 0 Å². The highest BCUT2D eigenvalue weighted by Crippen LogP contribution is 2.19. The van der Waals surface area contributed by atoms with Crippen molar-refractivity contribution >= 4 is 52.6 Å². The van der Waals surface area contributed by atoms with Crippen molar-refractivity contribution in [2.75, 3.05) is 68.9 Å². The van der Waals surface area contributed by atoms with Crippen LogP contribution in [0.1, 0.15) is 22.8 Å². The minimum Gasteiger partial charge on any atom is -0.460 e. The van der Waals surface area contributed by atoms with Crippen LogP contribution in [0, 0.1) is 0 Å². The molecule has 9 nitrogen and oxygen atoms in total. The third kappa shape index (κ3) is 9.35. The molecule has 0 aliphatic carbocycles. The summed E-state index contributed by atoms with van der Waals surface area (Å²) in [4.78, 5) is 54.6. The van der Waals surface area contributed by atoms with Gasteiger partial charge in [-0.3, -0.25) is 19.3 Å². The summed E-state index contributed by atoms with van der Waals surface area (Å²) in [6.45, 7) is 5.33. The number of anilines is 1. The lowest BCUT2D eigenvalue weighted by Gasteiger charge is -2.35. The third-order valence-electron chi connectivity index (χ3n) is 6.30. The predicted molar refractivity (Wildman–Crippen MR) is 152 cm³/mol. The van der Waals surface area contributed by atoms with Gasteiger partial charge in [-0.1, -0.05) is 23.7 Å². The van der Waals surface area contributed by atoms with Gasteiger partial charge < -0.3 is 19.6 Å². The van der Waals surface area contributed by atoms with Crippen LogP contribution in [-0.2, 0) is 25.5 Å². The molecule has 0 unspecified atom stereocenters. The molecule has 1 aliphatic rings. The first-order chi connectivity index (χ1) is 18.8. The number of benzene rings is 2. The molecule has 2 aromatic rings. The molecule has 2 amide bonds. The highest BCUT2D eigenvalue weighted by molar-refractivity contribution is 8.00. The molecule has 39 heavy (non-hydrogen) atoms. The number of Topliss-reactive ketones (excluding diaryl/α,β-unsaturated/α-hetero) is 1. The third-order valence-corrected chi connectivity index (χ3v) is 7.47. The van der Waals surface area contributed by atoms with Gasteiger partial charge >= 0.3 is 5.97 Å². The van der Waals surface area contributed by atoms with Crippen molar-refractivity contribution in [1.29, 1.82) is 0 Å². The van der Waals surface area contributed by atoms with Crippen molar-refractivity contribution in [3.63, 3.8) is 0 Å². The quantitative estimate of drug-likeness (QED) is 0.287. The number of amides is 2. The number of aliphatic hydroxyl groups is 1. The van der Waals surface area contributed by atoms with E-state index in [0.717, 1.165) is 42.8 Å². The predicted octanol–water partition coefficient (Wildman–Crippen LogP) is 2.53. The number of thioether (sulfide) groups is 1. The van der Waals surface area contributed by atoms with Gasteiger partial charge in [-0.25, -0.2) is 4.79 Å². The van der Waals surface area contributed by atoms with Crippen molar-refractivity contribution in [2.24, 2.45) is 0 Å². The van der Waals surface area contributed by atoms with Crippen molar-refractivity contribution in [3.8, 4) is 0 Å². The Morgan fingerprint density at radius 2 is 1.64 bits per heavy atom. The van der Waals surface area contributed by atoms with Gasteiger partial charge in [0.25, 0.3) is 5.91 Å². The van der Waals surface area contributed by atoms with Crippen LogP contribution in [0.25, 0.3) is 0 Å². The lowest BCUT2D eigenvalue weighted by atomic mass is 10.1. The Morgan fingerprint density at radius 1 is 0.974 bits per heavy atom. The van der Waals surface area contributed by atoms with Crippen LogP contribution in [0.5, 0.6) is 0 Å². The minimum atomic E-state index is -0.913. The van der Waals surface area contributed by atoms with E-state index in [1.54, 1.807) is 31.2 Å². The maximum absolute atomic E-state index is 13.1. The monoisotopic (exact) mass is 575 g/mol. The minimum absolute atomic E-state index is 0.0475. The van der Waals surface area contributed by atoms with E-state index in [9.17, 15) is 24.3 Å². The highest BCUT2D eigenvalue weighted by atomic mass is 35.5. The Bertz CT molecular complexity index is 1120. The number of carbonyl (C=O) groups is 4. The van der Waals surface area contributed by atoms with Crippen molar-refractivity contribution in [3.05, 3.63) is 64.7 Å². The highest BCUT2D eigenvalue weighted by Gasteiger charge is 2.23. The number of halogens is 1. The number of nitrogens with zero attached hydrogens (tertiary/aromatic N) is 3. The van der Waals surface area contributed by atoms with Crippen molar-refractivity contribution in [1.82, 2.24) is 9.80 Å². The van der Waals surface area contributed by atoms with Gasteiger partial charge in [0, 0.05) is 55.5 Å². The van der Waals surface area contributed by atoms with Gasteiger partial charge in [0.1, 0.15) is 0 Å². The first kappa shape index (κ1) is 30.6. The second kappa shape index (κ2) is 15.6. The van der Waals surface area contributed by atoms with E-state index in [2.05, 4.69) is 9.64 Å². The molecule has 210 valence electrons. The molecule has 1 fully saturated rings. The molecule has 1 heterocycles. The fourth-order valence-electron chi connectivity index (χ4n) is 4.16. The number of aliphatic hydroxyl groups excluding tert-OH is 1. The molecule has 0 saturated carbocycles. The number of esters is 1. The summed E-state index contributed by atoms with van der Waals surface area (Å²) < 4.78 is 4.66. The number of ether oxygens (including phenoxy) is 1. The molecule has 0 aromatic heterocycles. The largest absolute Gasteiger partial charge is 0.460 e. The van der Waals surface area contributed by atoms with Crippen LogP contribution in [-0.4, -0.2) is 102 Å². The standard InChI is InChI=1S/C28H34ClN3O6S/c1-2-38-28(37)25(34)19-39-20-26(35)32(17-18-33)24-9-5-22(6-10-24)27(36)31-15-13-30(14-16-31)12-11-21-3-7-23(29)8-4-21/h3-10,33H,2,11-20H2,1H3. The first-order valence-corrected chi connectivity index (χ1v) is 14.4. The Hall–Kier alpha value is -2.92. The molecule has 11 heteroatoms. The Labute approximate surface area is 238 Å². The topological polar surface area (TPSA) is 107 Å². The zero-order chi connectivity index (χ0) is 28.2. The molecule has 0 bridgehead atoms. The molecule has 1 aliphatic heterocycles. The van der Waals surface area contributed by atoms with Gasteiger partial charge in [0.15, 0.2) is 0 Å². The van der Waals surface area contributed by atoms with Crippen molar-refractivity contribution < 1.29 is 29.0 Å². The fourth-order valence-corrected chi connectivity index (χ4v) is 5.02. The molecule has 0 atom stereocenters. The second-order valence-electron chi connectivity index (χ2n) is 8.96. The molecule has 0 spiro atoms. The van der Waals surface area contributed by atoms with Crippen LogP contribution in [0.4, 0.5) is 5.69 Å². The first-order valence-electron chi connectivity index (χ1n) is 12.9. The maximum atomic E-state index is 13.1. The number of piperazine rings is 1. The van der Waals surface area contributed by atoms with E-state index >= 15 is 0 Å². The summed E-state index contributed by atoms with van der Waals surface area (Å²) >= 11 is 6.96. The summed E-state index contributed by atoms with van der Waals surface area (Å²) in [7, 11) is 0. The van der Waals surface area contributed by atoms with Gasteiger partial charge in [0.05, 0.1) is 24.7 Å². The molecule has 1 saturated heterocycles. The van der Waals surface area contributed by atoms with E-state index in [1.165, 1.54) is 10.5 Å². The van der Waals surface area contributed by atoms with E-state index in [1.807, 2.05) is 29.2 Å². The summed E-state index contributed by atoms with van der Waals surface area (Å²) in [6, 6.07) is 14.6. The summed E-state index contributed by atoms with van der Waals surface area (Å²) in [5.41, 5.74) is 2.30. The van der Waals surface area contributed by atoms with Crippen LogP contribution >= 0.6 is 23.4 Å². The van der Waals surface area contributed by atoms with E-state index in [-0.39, 0.29) is 43.1 Å². The van der Waals surface area contributed by atoms with Crippen LogP contribution in [0.15, 0.2) is 48.5 Å². The zero-order valence-corrected chi connectivity index (χ0v) is 23.6. The maximum Gasteiger partial charge on any atom is 0.375 e. The average molecular weight is 576 g/mol. The van der Waals surface area contributed by atoms with Crippen LogP contribution in [0.2, 0.25) is 5.02 Å². The molecular formula is C28H34ClN3O6S. The number of hydrogen-bond acceptors (Lipinski definition) is 8. The normalized spacial score (nSPS) is 13.7. The molecule has 1 N–H and O–H groups in total. The number of rotatable bonds is 13. The molecule has 3 rings (SSSR count). The summed E-state index contributed by atoms with van der Waals surface area (Å²) in [5.74, 6) is -2.21. The van der Waals surface area contributed by atoms with Gasteiger partial charge in [0.2, 0.25) is 11.7 Å². The number of carbonyl (C=O) groups excluding carboxylic acids is 4. The molecular weight excluding hydrogens is 542 g/mol. The average Bonchev–Trinajstić information content (AvgIpc) is 2.95. The smallest absolute Gasteiger partial charge is 0.375 e. The number of hydrogen-bond donors (Lipinski definition) is 1. The zero-order valence-electron chi connectivity index (χ0n) is 22.0. The summed E-state index contributed by atoms with van der Waals surface area (Å²) in [6.07, 6.45) is 0.926. The van der Waals surface area contributed by atoms with E-state index in [0.29, 0.717) is 24.3 Å². The second-order valence-corrected chi connectivity index (χ2v) is 10.4. The Morgan fingerprint density at radius 3 is 2.26 bits per heavy atom. The Balaban J connectivity index is 1.49. The SMILES string of the molecule is CCOC(=O)C(=O)CSCC(=O)N(CCO)c1ccc(C(=O)N2CCN(CCc3ccc(Cl)cc3)CC2)cc1. The van der Waals surface area contributed by atoms with E-state index in [4.69, 9.17) is 11.6 Å². The van der Waals surface area contributed by atoms with Gasteiger partial charge in [-0.15, -0.1) is 11.8 Å². The van der Waals surface area contributed by atoms with Gasteiger partial charge in [-0.05, 0) is 55.3 Å². The molecule has 2 aromatic carbocycles. The lowest BCUT2D eigenvalue weighted by Crippen LogP contribution is -2.49. The lowest BCUT2D eigenvalue weighted by molar-refractivity contribution is -0.152. The number of ketones is 1. The van der Waals surface area contributed by atoms with Crippen LogP contribution < -0.4 is 4.90 Å². The van der Waals surface area contributed by atoms with E-state index < -0.39 is 11.8 Å². The Kier molecular flexibility index (Phi) is 12.3. The van der Waals surface area contributed by atoms with Crippen LogP contribution in [0.3, 0.4) is 0 Å². The fraction of sp³-hybridized carbons (Fsp3) is 0.429. The summed E-state index contributed by atoms with van der Waals surface area (Å²) in [5, 5.41) is 10.2. The van der Waals surface area contributed by atoms with Crippen molar-refractivity contribution in [2.45, 2.75) is 13.3 Å². The molecule has 0 radical (unpaired) electrons.